The van der Waals surface area contributed by atoms with Crippen LogP contribution in [0.4, 0.5) is 13.6 Å². The van der Waals surface area contributed by atoms with Gasteiger partial charge in [0.1, 0.15) is 6.04 Å². The number of amides is 3. The van der Waals surface area contributed by atoms with E-state index in [-0.39, 0.29) is 11.1 Å². The third kappa shape index (κ3) is 5.64. The predicted octanol–water partition coefficient (Wildman–Crippen LogP) is 3.90. The second-order valence-electron chi connectivity index (χ2n) is 9.57. The zero-order chi connectivity index (χ0) is 22.9. The molecule has 1 aromatic rings. The Bertz CT molecular complexity index is 914. The molecule has 0 radical (unpaired) electrons. The maximum Gasteiger partial charge on any atom is 0.341 e. The molecule has 0 spiro atoms. The van der Waals surface area contributed by atoms with Gasteiger partial charge in [0, 0.05) is 11.3 Å². The summed E-state index contributed by atoms with van der Waals surface area (Å²) in [4.78, 5) is 28.5. The highest BCUT2D eigenvalue weighted by atomic mass is 19.2. The van der Waals surface area contributed by atoms with E-state index in [1.165, 1.54) is 6.07 Å². The molecule has 8 heteroatoms. The molecule has 0 saturated heterocycles. The summed E-state index contributed by atoms with van der Waals surface area (Å²) in [6, 6.07) is 1.84. The Morgan fingerprint density at radius 1 is 1.17 bits per heavy atom. The van der Waals surface area contributed by atoms with Crippen molar-refractivity contribution in [3.63, 3.8) is 0 Å². The molecule has 1 atom stereocenters. The van der Waals surface area contributed by atoms with Gasteiger partial charge >= 0.3 is 6.03 Å². The lowest BCUT2D eigenvalue weighted by Crippen LogP contribution is -2.51. The number of primary amides is 1. The van der Waals surface area contributed by atoms with Gasteiger partial charge in [0.05, 0.1) is 5.71 Å². The van der Waals surface area contributed by atoms with E-state index in [0.29, 0.717) is 29.7 Å². The maximum atomic E-state index is 13.7. The summed E-state index contributed by atoms with van der Waals surface area (Å²) >= 11 is 0. The first-order valence-corrected chi connectivity index (χ1v) is 9.83. The second kappa shape index (κ2) is 8.53. The number of nitrogens with one attached hydrogen (secondary N) is 1. The van der Waals surface area contributed by atoms with Crippen molar-refractivity contribution in [1.82, 2.24) is 5.32 Å². The second-order valence-corrected chi connectivity index (χ2v) is 9.57. The highest BCUT2D eigenvalue weighted by molar-refractivity contribution is 6.11. The molecule has 164 valence electrons. The molecule has 0 aromatic heterocycles. The summed E-state index contributed by atoms with van der Waals surface area (Å²) in [6.45, 7) is 9.47. The smallest absolute Gasteiger partial charge is 0.341 e. The van der Waals surface area contributed by atoms with E-state index < -0.39 is 35.0 Å². The molecule has 1 fully saturated rings. The lowest BCUT2D eigenvalue weighted by atomic mass is 9.73. The summed E-state index contributed by atoms with van der Waals surface area (Å²) in [7, 11) is 0. The average Bonchev–Trinajstić information content (AvgIpc) is 2.61. The van der Waals surface area contributed by atoms with E-state index in [0.717, 1.165) is 18.6 Å². The minimum atomic E-state index is -1.00. The molecular formula is C22H30F2N4O2. The minimum Gasteiger partial charge on any atom is -0.398 e. The van der Waals surface area contributed by atoms with Crippen LogP contribution in [0.25, 0.3) is 5.70 Å². The monoisotopic (exact) mass is 420 g/mol. The van der Waals surface area contributed by atoms with Crippen LogP contribution in [0.5, 0.6) is 0 Å². The Balaban J connectivity index is 2.44. The van der Waals surface area contributed by atoms with Crippen LogP contribution in [0, 0.1) is 22.5 Å². The van der Waals surface area contributed by atoms with Crippen LogP contribution in [0.3, 0.4) is 0 Å². The number of carbonyl (C=O) groups excluding carboxylic acids is 2. The number of rotatable bonds is 3. The van der Waals surface area contributed by atoms with Crippen molar-refractivity contribution in [2.24, 2.45) is 27.3 Å². The van der Waals surface area contributed by atoms with Gasteiger partial charge in [0.2, 0.25) is 5.91 Å². The number of benzene rings is 1. The third-order valence-corrected chi connectivity index (χ3v) is 5.25. The molecule has 0 bridgehead atoms. The fourth-order valence-corrected chi connectivity index (χ4v) is 3.48. The van der Waals surface area contributed by atoms with E-state index in [9.17, 15) is 18.4 Å². The summed E-state index contributed by atoms with van der Waals surface area (Å²) in [5.74, 6) is -2.62. The molecule has 30 heavy (non-hydrogen) atoms. The van der Waals surface area contributed by atoms with Crippen molar-refractivity contribution >= 4 is 23.3 Å². The molecule has 0 heterocycles. The molecule has 1 unspecified atom stereocenters. The van der Waals surface area contributed by atoms with Gasteiger partial charge in [-0.3, -0.25) is 4.79 Å². The van der Waals surface area contributed by atoms with Crippen LogP contribution in [0.2, 0.25) is 0 Å². The molecule has 1 aliphatic carbocycles. The molecule has 1 saturated carbocycles. The van der Waals surface area contributed by atoms with E-state index in [2.05, 4.69) is 24.2 Å². The van der Waals surface area contributed by atoms with Gasteiger partial charge in [-0.2, -0.15) is 4.99 Å². The van der Waals surface area contributed by atoms with Gasteiger partial charge < -0.3 is 16.8 Å². The number of nitrogens with zero attached hydrogens (tertiary/aromatic N) is 1. The zero-order valence-electron chi connectivity index (χ0n) is 18.1. The van der Waals surface area contributed by atoms with E-state index in [1.807, 2.05) is 0 Å². The third-order valence-electron chi connectivity index (χ3n) is 5.25. The Labute approximate surface area is 175 Å². The van der Waals surface area contributed by atoms with Gasteiger partial charge in [-0.1, -0.05) is 34.6 Å². The fraction of sp³-hybridized carbons (Fsp3) is 0.500. The number of hydrogen-bond acceptors (Lipinski definition) is 3. The Hall–Kier alpha value is -2.77. The van der Waals surface area contributed by atoms with E-state index >= 15 is 0 Å². The van der Waals surface area contributed by atoms with Gasteiger partial charge in [0.25, 0.3) is 0 Å². The van der Waals surface area contributed by atoms with Crippen LogP contribution in [-0.4, -0.2) is 23.7 Å². The van der Waals surface area contributed by atoms with Crippen LogP contribution < -0.4 is 16.8 Å². The molecule has 3 amide bonds. The number of nitrogens with two attached hydrogens (primary N) is 2. The quantitative estimate of drug-likeness (QED) is 0.690. The summed E-state index contributed by atoms with van der Waals surface area (Å²) in [5.41, 5.74) is 12.7. The standard InChI is InChI=1S/C22H30F2N4O2/c1-21(2,3)18(19(26)29)28-20(30)27-16-8-9-22(4,5)11-13(16)17(25)12-6-7-14(23)15(24)10-12/h6-7,10,18H,8-9,11,25H2,1-5H3,(H2,26,29)(H,28,30). The van der Waals surface area contributed by atoms with Crippen molar-refractivity contribution in [1.29, 1.82) is 0 Å². The van der Waals surface area contributed by atoms with Crippen LogP contribution in [0.1, 0.15) is 59.4 Å². The number of carbonyl (C=O) groups is 2. The van der Waals surface area contributed by atoms with Crippen molar-refractivity contribution < 1.29 is 18.4 Å². The SMILES string of the molecule is CC1(C)CCC(=NC(=O)NC(C(N)=O)C(C)(C)C)C(=C(N)c2ccc(F)c(F)c2)C1. The highest BCUT2D eigenvalue weighted by Crippen LogP contribution is 2.39. The molecule has 0 aliphatic heterocycles. The lowest BCUT2D eigenvalue weighted by molar-refractivity contribution is -0.122. The maximum absolute atomic E-state index is 13.7. The molecule has 1 aromatic carbocycles. The van der Waals surface area contributed by atoms with E-state index in [1.54, 1.807) is 20.8 Å². The molecule has 5 N–H and O–H groups in total. The minimum absolute atomic E-state index is 0.102. The van der Waals surface area contributed by atoms with Gasteiger partial charge in [-0.05, 0) is 53.9 Å². The van der Waals surface area contributed by atoms with Crippen molar-refractivity contribution in [3.8, 4) is 0 Å². The lowest BCUT2D eigenvalue weighted by Gasteiger charge is -2.33. The number of hydrogen-bond donors (Lipinski definition) is 3. The molecule has 6 nitrogen and oxygen atoms in total. The predicted molar refractivity (Wildman–Crippen MR) is 114 cm³/mol. The molecule has 1 aliphatic rings. The zero-order valence-corrected chi connectivity index (χ0v) is 18.1. The summed E-state index contributed by atoms with van der Waals surface area (Å²) < 4.78 is 27.0. The van der Waals surface area contributed by atoms with Gasteiger partial charge in [0.15, 0.2) is 11.6 Å². The highest BCUT2D eigenvalue weighted by Gasteiger charge is 2.33. The number of halogens is 2. The van der Waals surface area contributed by atoms with Crippen molar-refractivity contribution in [2.45, 2.75) is 59.9 Å². The topological polar surface area (TPSA) is 111 Å². The van der Waals surface area contributed by atoms with Crippen LogP contribution in [-0.2, 0) is 4.79 Å². The van der Waals surface area contributed by atoms with Crippen molar-refractivity contribution in [2.75, 3.05) is 0 Å². The molecular weight excluding hydrogens is 390 g/mol. The van der Waals surface area contributed by atoms with Crippen molar-refractivity contribution in [3.05, 3.63) is 41.0 Å². The summed E-state index contributed by atoms with van der Waals surface area (Å²) in [6.07, 6.45) is 1.77. The fourth-order valence-electron chi connectivity index (χ4n) is 3.48. The first kappa shape index (κ1) is 23.5. The Morgan fingerprint density at radius 2 is 1.80 bits per heavy atom. The van der Waals surface area contributed by atoms with Gasteiger partial charge in [-0.15, -0.1) is 0 Å². The van der Waals surface area contributed by atoms with E-state index in [4.69, 9.17) is 11.5 Å². The first-order chi connectivity index (χ1) is 13.7. The normalized spacial score (nSPS) is 20.6. The average molecular weight is 421 g/mol. The number of urea groups is 1. The van der Waals surface area contributed by atoms with Crippen LogP contribution in [0.15, 0.2) is 28.8 Å². The van der Waals surface area contributed by atoms with Gasteiger partial charge in [-0.25, -0.2) is 13.6 Å². The number of aliphatic imine (C=N–C) groups is 1. The summed E-state index contributed by atoms with van der Waals surface area (Å²) in [5, 5.41) is 2.57. The Kier molecular flexibility index (Phi) is 6.69. The number of allylic oxidation sites excluding steroid dienone is 1. The molecule has 2 rings (SSSR count). The largest absolute Gasteiger partial charge is 0.398 e. The Morgan fingerprint density at radius 3 is 2.33 bits per heavy atom. The van der Waals surface area contributed by atoms with Crippen LogP contribution >= 0.6 is 0 Å². The first-order valence-electron chi connectivity index (χ1n) is 9.83.